The Hall–Kier alpha value is -4.54. The maximum Gasteiger partial charge on any atom is 0.255 e. The third-order valence-corrected chi connectivity index (χ3v) is 9.62. The van der Waals surface area contributed by atoms with Crippen molar-refractivity contribution in [2.45, 2.75) is 49.9 Å². The summed E-state index contributed by atoms with van der Waals surface area (Å²) >= 11 is 0. The Kier molecular flexibility index (Phi) is 9.04. The number of hydrogen-bond donors (Lipinski definition) is 3. The van der Waals surface area contributed by atoms with Gasteiger partial charge >= 0.3 is 0 Å². The van der Waals surface area contributed by atoms with E-state index in [4.69, 9.17) is 9.47 Å². The van der Waals surface area contributed by atoms with E-state index in [0.29, 0.717) is 30.9 Å². The molecule has 7 rings (SSSR count). The molecule has 0 aromatic heterocycles. The topological polar surface area (TPSA) is 103 Å². The van der Waals surface area contributed by atoms with Crippen LogP contribution < -0.4 is 15.5 Å². The number of amides is 2. The van der Waals surface area contributed by atoms with Crippen LogP contribution in [0.4, 0.5) is 11.4 Å². The average molecular weight is 633 g/mol. The first-order valence-corrected chi connectivity index (χ1v) is 16.3. The minimum absolute atomic E-state index is 0.0160. The van der Waals surface area contributed by atoms with Gasteiger partial charge in [-0.2, -0.15) is 0 Å². The van der Waals surface area contributed by atoms with E-state index in [1.807, 2.05) is 84.9 Å². The second-order valence-electron chi connectivity index (χ2n) is 12.6. The number of nitrogens with one attached hydrogen (secondary N) is 2. The van der Waals surface area contributed by atoms with Crippen LogP contribution in [0.1, 0.15) is 58.7 Å². The number of hydrogen-bond acceptors (Lipinski definition) is 7. The van der Waals surface area contributed by atoms with E-state index in [1.165, 1.54) is 0 Å². The van der Waals surface area contributed by atoms with E-state index >= 15 is 0 Å². The van der Waals surface area contributed by atoms with Crippen LogP contribution in [0.5, 0.6) is 0 Å². The summed E-state index contributed by atoms with van der Waals surface area (Å²) in [6.45, 7) is 2.77. The van der Waals surface area contributed by atoms with Crippen LogP contribution in [0.15, 0.2) is 109 Å². The van der Waals surface area contributed by atoms with Crippen LogP contribution in [0, 0.1) is 0 Å². The van der Waals surface area contributed by atoms with E-state index in [2.05, 4.69) is 32.6 Å². The standard InChI is InChI=1S/C38H40N4O5/c43-25-27-14-16-28(17-15-27)34-23-33(24-41-20-18-38(19-21-41)37(45)39-26-42(38)32-12-5-2-6-13-32)46-36(47-34)30-10-7-11-31(22-30)40-35(44)29-8-3-1-4-9-29/h1-17,22,33-34,36,43H,18-21,23-26H2,(H,39,45)(H,40,44)/t33-,34+,36+/m1/s1. The highest BCUT2D eigenvalue weighted by Crippen LogP contribution is 2.40. The van der Waals surface area contributed by atoms with E-state index < -0.39 is 11.8 Å². The van der Waals surface area contributed by atoms with Gasteiger partial charge in [0.2, 0.25) is 5.91 Å². The summed E-state index contributed by atoms with van der Waals surface area (Å²) in [6, 6.07) is 34.8. The Morgan fingerprint density at radius 2 is 1.60 bits per heavy atom. The summed E-state index contributed by atoms with van der Waals surface area (Å²) in [7, 11) is 0. The molecule has 3 N–H and O–H groups in total. The summed E-state index contributed by atoms with van der Waals surface area (Å²) in [5.41, 5.74) is 4.45. The van der Waals surface area contributed by atoms with Crippen molar-refractivity contribution in [2.24, 2.45) is 0 Å². The summed E-state index contributed by atoms with van der Waals surface area (Å²) in [6.07, 6.45) is 1.13. The zero-order valence-electron chi connectivity index (χ0n) is 26.3. The number of ether oxygens (including phenoxy) is 2. The predicted molar refractivity (Wildman–Crippen MR) is 180 cm³/mol. The molecule has 0 bridgehead atoms. The van der Waals surface area contributed by atoms with Crippen molar-refractivity contribution in [2.75, 3.05) is 36.5 Å². The zero-order valence-corrected chi connectivity index (χ0v) is 26.3. The monoisotopic (exact) mass is 632 g/mol. The fourth-order valence-corrected chi connectivity index (χ4v) is 7.01. The first-order chi connectivity index (χ1) is 23.0. The van der Waals surface area contributed by atoms with Crippen molar-refractivity contribution < 1.29 is 24.2 Å². The van der Waals surface area contributed by atoms with E-state index in [1.54, 1.807) is 12.1 Å². The minimum atomic E-state index is -0.643. The molecule has 9 nitrogen and oxygen atoms in total. The fourth-order valence-electron chi connectivity index (χ4n) is 7.01. The minimum Gasteiger partial charge on any atom is -0.392 e. The number of nitrogens with zero attached hydrogens (tertiary/aromatic N) is 2. The van der Waals surface area contributed by atoms with Crippen LogP contribution in [0.3, 0.4) is 0 Å². The molecule has 4 aromatic carbocycles. The number of benzene rings is 4. The summed E-state index contributed by atoms with van der Waals surface area (Å²) in [4.78, 5) is 30.7. The van der Waals surface area contributed by atoms with Gasteiger partial charge in [-0.3, -0.25) is 9.59 Å². The molecule has 47 heavy (non-hydrogen) atoms. The molecule has 3 aliphatic heterocycles. The number of aliphatic hydroxyl groups excluding tert-OH is 1. The van der Waals surface area contributed by atoms with Gasteiger partial charge in [-0.1, -0.05) is 72.8 Å². The molecule has 3 saturated heterocycles. The maximum atomic E-state index is 13.2. The molecule has 0 radical (unpaired) electrons. The third kappa shape index (κ3) is 6.66. The lowest BCUT2D eigenvalue weighted by molar-refractivity contribution is -0.253. The Labute approximate surface area is 275 Å². The van der Waals surface area contributed by atoms with E-state index in [-0.39, 0.29) is 30.6 Å². The van der Waals surface area contributed by atoms with E-state index in [0.717, 1.165) is 48.3 Å². The molecule has 9 heteroatoms. The van der Waals surface area contributed by atoms with Gasteiger partial charge in [-0.25, -0.2) is 0 Å². The molecule has 3 fully saturated rings. The van der Waals surface area contributed by atoms with Gasteiger partial charge in [0, 0.05) is 48.6 Å². The Morgan fingerprint density at radius 1 is 0.872 bits per heavy atom. The van der Waals surface area contributed by atoms with Gasteiger partial charge in [0.05, 0.1) is 25.5 Å². The highest BCUT2D eigenvalue weighted by atomic mass is 16.7. The van der Waals surface area contributed by atoms with Gasteiger partial charge in [0.15, 0.2) is 6.29 Å². The highest BCUT2D eigenvalue weighted by molar-refractivity contribution is 6.04. The average Bonchev–Trinajstić information content (AvgIpc) is 3.44. The predicted octanol–water partition coefficient (Wildman–Crippen LogP) is 5.41. The lowest BCUT2D eigenvalue weighted by Gasteiger charge is -2.45. The molecule has 2 amide bonds. The third-order valence-electron chi connectivity index (χ3n) is 9.62. The molecular weight excluding hydrogens is 592 g/mol. The second kappa shape index (κ2) is 13.7. The number of carbonyl (C=O) groups is 2. The largest absolute Gasteiger partial charge is 0.392 e. The first-order valence-electron chi connectivity index (χ1n) is 16.3. The van der Waals surface area contributed by atoms with Crippen molar-refractivity contribution >= 4 is 23.2 Å². The summed E-state index contributed by atoms with van der Waals surface area (Å²) in [5.74, 6) is -0.0772. The van der Waals surface area contributed by atoms with Gasteiger partial charge in [-0.15, -0.1) is 0 Å². The van der Waals surface area contributed by atoms with Gasteiger partial charge in [0.1, 0.15) is 5.54 Å². The van der Waals surface area contributed by atoms with Crippen molar-refractivity contribution in [3.8, 4) is 0 Å². The number of carbonyl (C=O) groups excluding carboxylic acids is 2. The van der Waals surface area contributed by atoms with Gasteiger partial charge in [-0.05, 0) is 60.4 Å². The maximum absolute atomic E-state index is 13.2. The van der Waals surface area contributed by atoms with Crippen molar-refractivity contribution in [1.29, 1.82) is 0 Å². The quantitative estimate of drug-likeness (QED) is 0.239. The zero-order chi connectivity index (χ0) is 32.2. The number of rotatable bonds is 8. The molecule has 3 aliphatic rings. The molecule has 242 valence electrons. The molecule has 3 atom stereocenters. The molecule has 0 saturated carbocycles. The van der Waals surface area contributed by atoms with Crippen LogP contribution in [0.25, 0.3) is 0 Å². The van der Waals surface area contributed by atoms with Crippen molar-refractivity contribution in [3.05, 3.63) is 131 Å². The van der Waals surface area contributed by atoms with Crippen LogP contribution >= 0.6 is 0 Å². The van der Waals surface area contributed by atoms with Gasteiger partial charge < -0.3 is 35.0 Å². The Morgan fingerprint density at radius 3 is 2.32 bits per heavy atom. The lowest BCUT2D eigenvalue weighted by Crippen LogP contribution is -2.57. The fraction of sp³-hybridized carbons (Fsp3) is 0.316. The summed E-state index contributed by atoms with van der Waals surface area (Å²) < 4.78 is 13.2. The van der Waals surface area contributed by atoms with Crippen molar-refractivity contribution in [3.63, 3.8) is 0 Å². The SMILES string of the molecule is O=C(Nc1cccc([C@H]2O[C@@H](CN3CCC4(CC3)C(=O)NCN4c3ccccc3)C[C@@H](c3ccc(CO)cc3)O2)c1)c1ccccc1. The summed E-state index contributed by atoms with van der Waals surface area (Å²) in [5, 5.41) is 15.7. The molecular formula is C38H40N4O5. The number of piperidine rings is 1. The lowest BCUT2D eigenvalue weighted by atomic mass is 9.85. The number of aliphatic hydroxyl groups is 1. The van der Waals surface area contributed by atoms with Crippen LogP contribution in [-0.2, 0) is 20.9 Å². The van der Waals surface area contributed by atoms with Gasteiger partial charge in [0.25, 0.3) is 5.91 Å². The van der Waals surface area contributed by atoms with E-state index in [9.17, 15) is 14.7 Å². The Bertz CT molecular complexity index is 1680. The first kappa shape index (κ1) is 31.1. The van der Waals surface area contributed by atoms with Crippen LogP contribution in [-0.4, -0.2) is 59.8 Å². The molecule has 1 spiro atoms. The molecule has 4 aromatic rings. The number of likely N-dealkylation sites (tertiary alicyclic amines) is 1. The van der Waals surface area contributed by atoms with Crippen LogP contribution in [0.2, 0.25) is 0 Å². The highest BCUT2D eigenvalue weighted by Gasteiger charge is 2.50. The molecule has 0 aliphatic carbocycles. The Balaban J connectivity index is 1.07. The molecule has 0 unspecified atom stereocenters. The van der Waals surface area contributed by atoms with Crippen molar-refractivity contribution in [1.82, 2.24) is 10.2 Å². The second-order valence-corrected chi connectivity index (χ2v) is 12.6. The molecule has 3 heterocycles. The smallest absolute Gasteiger partial charge is 0.255 e. The number of anilines is 2. The number of para-hydroxylation sites is 1. The normalized spacial score (nSPS) is 22.6.